The van der Waals surface area contributed by atoms with Crippen molar-refractivity contribution in [1.29, 1.82) is 0 Å². The van der Waals surface area contributed by atoms with Gasteiger partial charge in [0, 0.05) is 16.8 Å². The second kappa shape index (κ2) is 12.2. The number of nitrogen functional groups attached to an aromatic ring is 2. The quantitative estimate of drug-likeness (QED) is 0.113. The van der Waals surface area contributed by atoms with Crippen LogP contribution in [-0.2, 0) is 14.9 Å². The summed E-state index contributed by atoms with van der Waals surface area (Å²) in [5.74, 6) is -0.964. The number of benzene rings is 5. The van der Waals surface area contributed by atoms with E-state index in [9.17, 15) is 19.2 Å². The zero-order valence-electron chi connectivity index (χ0n) is 25.3. The summed E-state index contributed by atoms with van der Waals surface area (Å²) >= 11 is 0. The molecule has 0 atom stereocenters. The number of esters is 4. The molecule has 5 aromatic rings. The summed E-state index contributed by atoms with van der Waals surface area (Å²) in [6.45, 7) is 4.18. The van der Waals surface area contributed by atoms with Gasteiger partial charge in [0.25, 0.3) is 0 Å². The topological polar surface area (TPSA) is 157 Å². The Labute approximate surface area is 269 Å². The zero-order valence-corrected chi connectivity index (χ0v) is 25.3. The van der Waals surface area contributed by atoms with Crippen LogP contribution in [0.1, 0.15) is 66.4 Å². The summed E-state index contributed by atoms with van der Waals surface area (Å²) in [4.78, 5) is 47.3. The highest BCUT2D eigenvalue weighted by atomic mass is 16.6. The Kier molecular flexibility index (Phi) is 7.92. The Morgan fingerprint density at radius 2 is 1.02 bits per heavy atom. The highest BCUT2D eigenvalue weighted by Crippen LogP contribution is 2.37. The summed E-state index contributed by atoms with van der Waals surface area (Å²) in [6.07, 6.45) is 0. The number of rotatable bonds is 6. The van der Waals surface area contributed by atoms with E-state index in [-0.39, 0.29) is 33.4 Å². The number of anilines is 2. The number of cyclic esters (lactones) is 4. The molecule has 0 spiro atoms. The third-order valence-electron chi connectivity index (χ3n) is 7.78. The van der Waals surface area contributed by atoms with Crippen LogP contribution in [0.25, 0.3) is 0 Å². The molecule has 5 aromatic carbocycles. The Morgan fingerprint density at radius 3 is 1.62 bits per heavy atom. The lowest BCUT2D eigenvalue weighted by molar-refractivity contribution is 0.0425. The molecule has 10 nitrogen and oxygen atoms in total. The van der Waals surface area contributed by atoms with E-state index in [1.54, 1.807) is 48.5 Å². The molecule has 0 bridgehead atoms. The van der Waals surface area contributed by atoms with Crippen LogP contribution in [0.5, 0.6) is 23.0 Å². The van der Waals surface area contributed by atoms with E-state index in [2.05, 4.69) is 18.6 Å². The van der Waals surface area contributed by atoms with Crippen molar-refractivity contribution in [3.8, 4) is 23.0 Å². The first-order valence-electron chi connectivity index (χ1n) is 14.5. The van der Waals surface area contributed by atoms with Gasteiger partial charge in [-0.3, -0.25) is 0 Å². The molecule has 0 aromatic heterocycles. The summed E-state index contributed by atoms with van der Waals surface area (Å²) in [7, 11) is 0. The maximum atomic E-state index is 12.1. The number of fused-ring (bicyclic) bond motifs is 2. The van der Waals surface area contributed by atoms with E-state index in [0.717, 1.165) is 11.1 Å². The molecule has 10 heteroatoms. The third kappa shape index (κ3) is 6.25. The molecule has 47 heavy (non-hydrogen) atoms. The number of hydrogen-bond acceptors (Lipinski definition) is 10. The second-order valence-electron chi connectivity index (χ2n) is 11.3. The lowest BCUT2D eigenvalue weighted by Gasteiger charge is -2.26. The van der Waals surface area contributed by atoms with Gasteiger partial charge in [-0.15, -0.1) is 0 Å². The highest BCUT2D eigenvalue weighted by Gasteiger charge is 2.33. The van der Waals surface area contributed by atoms with Gasteiger partial charge in [-0.25, -0.2) is 19.2 Å². The molecule has 0 aliphatic carbocycles. The van der Waals surface area contributed by atoms with Crippen LogP contribution in [0, 0.1) is 0 Å². The summed E-state index contributed by atoms with van der Waals surface area (Å²) in [5, 5.41) is 0. The molecule has 2 heterocycles. The van der Waals surface area contributed by atoms with Gasteiger partial charge in [0.05, 0.1) is 16.7 Å². The zero-order chi connectivity index (χ0) is 33.3. The lowest BCUT2D eigenvalue weighted by Crippen LogP contribution is -2.18. The van der Waals surface area contributed by atoms with Crippen LogP contribution in [0.3, 0.4) is 0 Å². The second-order valence-corrected chi connectivity index (χ2v) is 11.3. The average Bonchev–Trinajstić information content (AvgIpc) is 3.50. The van der Waals surface area contributed by atoms with Crippen LogP contribution < -0.4 is 20.9 Å². The van der Waals surface area contributed by atoms with Gasteiger partial charge in [-0.1, -0.05) is 50.2 Å². The van der Waals surface area contributed by atoms with Crippen LogP contribution in [0.2, 0.25) is 0 Å². The fraction of sp³-hybridized carbons (Fsp3) is 0.0811. The standard InChI is InChI=1S/C31H20O8.C6H8N2/c1-31(2,17-6-10-19(11-7-17)36-21-14-15-22-24(16-21)29(34)38-27(22)32)18-8-12-20(13-9-18)37-25-5-3-4-23-26(25)30(35)39-28(23)33;7-5-2-1-3-6(8)4-5/h3-16H,1-2H3;1-4H,7-8H2. The van der Waals surface area contributed by atoms with Gasteiger partial charge in [-0.05, 0) is 83.9 Å². The Morgan fingerprint density at radius 1 is 0.511 bits per heavy atom. The predicted octanol–water partition coefficient (Wildman–Crippen LogP) is 7.07. The number of nitrogens with two attached hydrogens (primary N) is 2. The minimum Gasteiger partial charge on any atom is -0.457 e. The van der Waals surface area contributed by atoms with Crippen molar-refractivity contribution >= 4 is 35.3 Å². The van der Waals surface area contributed by atoms with E-state index in [0.29, 0.717) is 28.6 Å². The molecule has 7 rings (SSSR count). The fourth-order valence-electron chi connectivity index (χ4n) is 5.18. The maximum Gasteiger partial charge on any atom is 0.350 e. The average molecular weight is 629 g/mol. The minimum atomic E-state index is -0.718. The van der Waals surface area contributed by atoms with Crippen molar-refractivity contribution in [1.82, 2.24) is 0 Å². The number of carbonyl (C=O) groups is 4. The molecule has 0 saturated heterocycles. The molecule has 0 amide bonds. The first-order chi connectivity index (χ1) is 22.5. The van der Waals surface area contributed by atoms with Gasteiger partial charge >= 0.3 is 23.9 Å². The SMILES string of the molecule is CC(C)(c1ccc(Oc2ccc3c(c2)C(=O)OC3=O)cc1)c1ccc(Oc2cccc3c2C(=O)OC3=O)cc1.Nc1cccc(N)c1. The molecule has 0 saturated carbocycles. The van der Waals surface area contributed by atoms with E-state index in [1.807, 2.05) is 42.5 Å². The number of hydrogen-bond donors (Lipinski definition) is 2. The van der Waals surface area contributed by atoms with Gasteiger partial charge < -0.3 is 30.4 Å². The van der Waals surface area contributed by atoms with Crippen LogP contribution >= 0.6 is 0 Å². The Hall–Kier alpha value is -6.42. The predicted molar refractivity (Wildman–Crippen MR) is 173 cm³/mol. The van der Waals surface area contributed by atoms with Crippen molar-refractivity contribution < 1.29 is 38.1 Å². The molecule has 234 valence electrons. The van der Waals surface area contributed by atoms with Gasteiger partial charge in [0.15, 0.2) is 0 Å². The monoisotopic (exact) mass is 628 g/mol. The largest absolute Gasteiger partial charge is 0.457 e. The molecule has 2 aliphatic rings. The lowest BCUT2D eigenvalue weighted by atomic mass is 9.78. The van der Waals surface area contributed by atoms with Crippen molar-refractivity contribution in [3.05, 3.63) is 143 Å². The normalized spacial score (nSPS) is 13.1. The molecule has 0 radical (unpaired) electrons. The smallest absolute Gasteiger partial charge is 0.350 e. The van der Waals surface area contributed by atoms with Gasteiger partial charge in [0.1, 0.15) is 28.6 Å². The summed E-state index contributed by atoms with van der Waals surface area (Å²) < 4.78 is 21.1. The van der Waals surface area contributed by atoms with Crippen LogP contribution in [-0.4, -0.2) is 23.9 Å². The van der Waals surface area contributed by atoms with E-state index >= 15 is 0 Å². The van der Waals surface area contributed by atoms with Crippen LogP contribution in [0.15, 0.2) is 109 Å². The van der Waals surface area contributed by atoms with Crippen LogP contribution in [0.4, 0.5) is 11.4 Å². The van der Waals surface area contributed by atoms with Gasteiger partial charge in [-0.2, -0.15) is 0 Å². The molecule has 0 unspecified atom stereocenters. The van der Waals surface area contributed by atoms with E-state index in [1.165, 1.54) is 18.2 Å². The number of carbonyl (C=O) groups excluding carboxylic acids is 4. The molecule has 4 N–H and O–H groups in total. The fourth-order valence-corrected chi connectivity index (χ4v) is 5.18. The summed E-state index contributed by atoms with van der Waals surface area (Å²) in [6, 6.07) is 31.6. The maximum absolute atomic E-state index is 12.1. The molecular formula is C37H28N2O8. The first-order valence-corrected chi connectivity index (χ1v) is 14.5. The highest BCUT2D eigenvalue weighted by molar-refractivity contribution is 6.16. The Bertz CT molecular complexity index is 2030. The molecule has 2 aliphatic heterocycles. The minimum absolute atomic E-state index is 0.127. The van der Waals surface area contributed by atoms with Crippen molar-refractivity contribution in [2.24, 2.45) is 0 Å². The Balaban J connectivity index is 0.000000424. The number of ether oxygens (including phenoxy) is 4. The molecule has 0 fully saturated rings. The van der Waals surface area contributed by atoms with Gasteiger partial charge in [0.2, 0.25) is 0 Å². The van der Waals surface area contributed by atoms with Crippen molar-refractivity contribution in [2.45, 2.75) is 19.3 Å². The first kappa shape index (κ1) is 30.6. The van der Waals surface area contributed by atoms with E-state index in [4.69, 9.17) is 25.7 Å². The molecular weight excluding hydrogens is 600 g/mol. The van der Waals surface area contributed by atoms with E-state index < -0.39 is 23.9 Å². The van der Waals surface area contributed by atoms with Crippen molar-refractivity contribution in [3.63, 3.8) is 0 Å². The third-order valence-corrected chi connectivity index (χ3v) is 7.78. The summed E-state index contributed by atoms with van der Waals surface area (Å²) in [5.41, 5.74) is 14.6. The van der Waals surface area contributed by atoms with Crippen molar-refractivity contribution in [2.75, 3.05) is 11.5 Å².